The second-order valence-electron chi connectivity index (χ2n) is 15.2. The van der Waals surface area contributed by atoms with E-state index in [9.17, 15) is 0 Å². The zero-order chi connectivity index (χ0) is 37.5. The molecule has 0 atom stereocenters. The molecule has 2 aliphatic rings. The highest BCUT2D eigenvalue weighted by Gasteiger charge is 2.51. The molecule has 9 aromatic carbocycles. The number of anilines is 3. The van der Waals surface area contributed by atoms with Gasteiger partial charge in [0.25, 0.3) is 0 Å². The van der Waals surface area contributed by atoms with Crippen molar-refractivity contribution in [3.05, 3.63) is 241 Å². The average Bonchev–Trinajstić information content (AvgIpc) is 3.88. The van der Waals surface area contributed by atoms with E-state index < -0.39 is 5.41 Å². The molecular weight excluding hydrogens is 689 g/mol. The lowest BCUT2D eigenvalue weighted by atomic mass is 9.70. The molecular formula is C55H36N2. The van der Waals surface area contributed by atoms with Crippen LogP contribution in [0.5, 0.6) is 0 Å². The second kappa shape index (κ2) is 12.3. The Labute approximate surface area is 332 Å². The molecule has 0 bridgehead atoms. The second-order valence-corrected chi connectivity index (χ2v) is 15.2. The van der Waals surface area contributed by atoms with Gasteiger partial charge in [0, 0.05) is 33.4 Å². The number of aromatic nitrogens is 1. The highest BCUT2D eigenvalue weighted by atomic mass is 15.1. The first-order valence-corrected chi connectivity index (χ1v) is 19.8. The smallest absolute Gasteiger partial charge is 0.0726 e. The Morgan fingerprint density at radius 2 is 0.860 bits per heavy atom. The zero-order valence-corrected chi connectivity index (χ0v) is 31.2. The number of hydrogen-bond acceptors (Lipinski definition) is 1. The molecule has 1 heterocycles. The number of fused-ring (bicyclic) bond motifs is 13. The third kappa shape index (κ3) is 4.47. The van der Waals surface area contributed by atoms with Crippen molar-refractivity contribution in [1.29, 1.82) is 0 Å². The van der Waals surface area contributed by atoms with Crippen LogP contribution in [0.2, 0.25) is 0 Å². The van der Waals surface area contributed by atoms with E-state index in [-0.39, 0.29) is 0 Å². The summed E-state index contributed by atoms with van der Waals surface area (Å²) in [6.45, 7) is 0. The fourth-order valence-corrected chi connectivity index (χ4v) is 10.1. The van der Waals surface area contributed by atoms with Crippen LogP contribution in [0.15, 0.2) is 218 Å². The number of hydrogen-bond donors (Lipinski definition) is 0. The lowest BCUT2D eigenvalue weighted by Gasteiger charge is -2.33. The van der Waals surface area contributed by atoms with Gasteiger partial charge in [0.15, 0.2) is 0 Å². The Bertz CT molecular complexity index is 3110. The van der Waals surface area contributed by atoms with Gasteiger partial charge in [0.1, 0.15) is 0 Å². The Morgan fingerprint density at radius 3 is 1.51 bits per heavy atom. The molecule has 0 saturated heterocycles. The molecule has 0 fully saturated rings. The van der Waals surface area contributed by atoms with Crippen LogP contribution in [0.3, 0.4) is 0 Å². The summed E-state index contributed by atoms with van der Waals surface area (Å²) in [4.78, 5) is 2.49. The predicted molar refractivity (Wildman–Crippen MR) is 237 cm³/mol. The first-order chi connectivity index (χ1) is 28.3. The summed E-state index contributed by atoms with van der Waals surface area (Å²) in [7, 11) is 0. The molecule has 0 N–H and O–H groups in total. The van der Waals surface area contributed by atoms with Crippen molar-refractivity contribution in [1.82, 2.24) is 4.57 Å². The fraction of sp³-hybridized carbons (Fsp3) is 0.0182. The Balaban J connectivity index is 1.18. The molecule has 0 saturated carbocycles. The number of benzene rings is 9. The highest BCUT2D eigenvalue weighted by molar-refractivity contribution is 6.13. The highest BCUT2D eigenvalue weighted by Crippen LogP contribution is 2.63. The molecule has 0 aliphatic heterocycles. The monoisotopic (exact) mass is 724 g/mol. The van der Waals surface area contributed by atoms with Crippen LogP contribution < -0.4 is 4.90 Å². The van der Waals surface area contributed by atoms with E-state index in [1.807, 2.05) is 0 Å². The van der Waals surface area contributed by atoms with E-state index in [1.54, 1.807) is 0 Å². The van der Waals surface area contributed by atoms with Gasteiger partial charge in [-0.3, -0.25) is 0 Å². The minimum Gasteiger partial charge on any atom is -0.310 e. The van der Waals surface area contributed by atoms with Crippen molar-refractivity contribution in [2.24, 2.45) is 0 Å². The van der Waals surface area contributed by atoms with E-state index in [1.165, 1.54) is 77.4 Å². The average molecular weight is 725 g/mol. The number of rotatable bonds is 5. The molecule has 2 nitrogen and oxygen atoms in total. The van der Waals surface area contributed by atoms with Gasteiger partial charge in [-0.1, -0.05) is 164 Å². The minimum absolute atomic E-state index is 0.438. The summed E-state index contributed by atoms with van der Waals surface area (Å²) in [6.07, 6.45) is 0. The maximum absolute atomic E-state index is 2.49. The summed E-state index contributed by atoms with van der Waals surface area (Å²) < 4.78 is 2.42. The molecule has 0 unspecified atom stereocenters. The maximum atomic E-state index is 2.49. The van der Waals surface area contributed by atoms with E-state index >= 15 is 0 Å². The molecule has 0 amide bonds. The van der Waals surface area contributed by atoms with Crippen LogP contribution in [-0.4, -0.2) is 4.57 Å². The Morgan fingerprint density at radius 1 is 0.333 bits per heavy atom. The fourth-order valence-electron chi connectivity index (χ4n) is 10.1. The Kier molecular flexibility index (Phi) is 6.88. The van der Waals surface area contributed by atoms with E-state index in [0.717, 1.165) is 22.7 Å². The Hall–Kier alpha value is -7.42. The molecule has 2 heteroatoms. The predicted octanol–water partition coefficient (Wildman–Crippen LogP) is 14.3. The summed E-state index contributed by atoms with van der Waals surface area (Å²) in [5, 5.41) is 2.45. The van der Waals surface area contributed by atoms with Crippen LogP contribution in [-0.2, 0) is 5.41 Å². The topological polar surface area (TPSA) is 8.17 Å². The third-order valence-corrected chi connectivity index (χ3v) is 12.4. The maximum Gasteiger partial charge on any atom is 0.0726 e. The van der Waals surface area contributed by atoms with Crippen molar-refractivity contribution < 1.29 is 0 Å². The summed E-state index contributed by atoms with van der Waals surface area (Å²) in [5.41, 5.74) is 19.4. The van der Waals surface area contributed by atoms with Gasteiger partial charge in [-0.05, 0) is 105 Å². The van der Waals surface area contributed by atoms with E-state index in [0.29, 0.717) is 0 Å². The van der Waals surface area contributed by atoms with Crippen LogP contribution in [0, 0.1) is 0 Å². The number of nitrogens with zero attached hydrogens (tertiary/aromatic N) is 2. The first-order valence-electron chi connectivity index (χ1n) is 19.8. The van der Waals surface area contributed by atoms with E-state index in [2.05, 4.69) is 228 Å². The van der Waals surface area contributed by atoms with Crippen molar-refractivity contribution in [3.63, 3.8) is 0 Å². The standard InChI is InChI=1S/C55H36N2/c1-4-18-37(19-5-1)46-35-54-47(45-27-13-17-31-52(45)57(54)39-22-8-3-9-23-39)36-53(46)56(38-20-6-2-7-21-38)40-32-33-44-43-26-12-16-30-50(43)55(51(44)34-40)48-28-14-10-24-41(48)42-25-11-15-29-49(42)55/h1-36H. The molecule has 12 rings (SSSR count). The normalized spacial score (nSPS) is 13.1. The molecule has 0 radical (unpaired) electrons. The lowest BCUT2D eigenvalue weighted by Crippen LogP contribution is -2.26. The van der Waals surface area contributed by atoms with Crippen molar-refractivity contribution in [2.75, 3.05) is 4.90 Å². The SMILES string of the molecule is c1ccc(-c2cc3c(cc2N(c2ccccc2)c2ccc4c(c2)C2(c5ccccc5-c5ccccc52)c2ccccc2-4)c2ccccc2n3-c2ccccc2)cc1. The van der Waals surface area contributed by atoms with Gasteiger partial charge in [0.05, 0.1) is 22.1 Å². The minimum atomic E-state index is -0.438. The van der Waals surface area contributed by atoms with Crippen LogP contribution in [0.1, 0.15) is 22.3 Å². The van der Waals surface area contributed by atoms with Crippen molar-refractivity contribution >= 4 is 38.9 Å². The van der Waals surface area contributed by atoms with Gasteiger partial charge in [-0.25, -0.2) is 0 Å². The first kappa shape index (κ1) is 31.9. The zero-order valence-electron chi connectivity index (χ0n) is 31.2. The van der Waals surface area contributed by atoms with Crippen LogP contribution in [0.25, 0.3) is 60.9 Å². The van der Waals surface area contributed by atoms with Crippen LogP contribution >= 0.6 is 0 Å². The quantitative estimate of drug-likeness (QED) is 0.172. The summed E-state index contributed by atoms with van der Waals surface area (Å²) >= 11 is 0. The molecule has 266 valence electrons. The van der Waals surface area contributed by atoms with Crippen LogP contribution in [0.4, 0.5) is 17.1 Å². The molecule has 1 spiro atoms. The van der Waals surface area contributed by atoms with Gasteiger partial charge >= 0.3 is 0 Å². The molecule has 1 aromatic heterocycles. The summed E-state index contributed by atoms with van der Waals surface area (Å²) in [5.74, 6) is 0. The van der Waals surface area contributed by atoms with Gasteiger partial charge < -0.3 is 9.47 Å². The van der Waals surface area contributed by atoms with Gasteiger partial charge in [0.2, 0.25) is 0 Å². The van der Waals surface area contributed by atoms with Crippen molar-refractivity contribution in [3.8, 4) is 39.1 Å². The lowest BCUT2D eigenvalue weighted by molar-refractivity contribution is 0.793. The molecule has 57 heavy (non-hydrogen) atoms. The van der Waals surface area contributed by atoms with Gasteiger partial charge in [-0.2, -0.15) is 0 Å². The molecule has 2 aliphatic carbocycles. The summed E-state index contributed by atoms with van der Waals surface area (Å²) in [6, 6.07) is 80.5. The van der Waals surface area contributed by atoms with E-state index in [4.69, 9.17) is 0 Å². The third-order valence-electron chi connectivity index (χ3n) is 12.4. The number of para-hydroxylation sites is 3. The van der Waals surface area contributed by atoms with Gasteiger partial charge in [-0.15, -0.1) is 0 Å². The van der Waals surface area contributed by atoms with Crippen molar-refractivity contribution in [2.45, 2.75) is 5.41 Å². The molecule has 10 aromatic rings. The largest absolute Gasteiger partial charge is 0.310 e.